The predicted molar refractivity (Wildman–Crippen MR) is 96.5 cm³/mol. The number of hydrogen-bond acceptors (Lipinski definition) is 4. The highest BCUT2D eigenvalue weighted by Crippen LogP contribution is 2.31. The topological polar surface area (TPSA) is 68.8 Å². The molecule has 0 spiro atoms. The van der Waals surface area contributed by atoms with E-state index in [-0.39, 0.29) is 15.9 Å². The normalized spacial score (nSPS) is 10.8. The van der Waals surface area contributed by atoms with Gasteiger partial charge in [0, 0.05) is 18.1 Å². The van der Waals surface area contributed by atoms with Crippen LogP contribution < -0.4 is 10.5 Å². The molecule has 0 fully saturated rings. The van der Waals surface area contributed by atoms with Gasteiger partial charge in [-0.1, -0.05) is 18.2 Å². The molecule has 0 aliphatic heterocycles. The van der Waals surface area contributed by atoms with Gasteiger partial charge in [-0.05, 0) is 47.1 Å². The maximum Gasteiger partial charge on any atom is 0.230 e. The lowest BCUT2D eigenvalue weighted by molar-refractivity contribution is 0.622. The number of fused-ring (bicyclic) bond motifs is 1. The van der Waals surface area contributed by atoms with Crippen molar-refractivity contribution in [1.82, 2.24) is 9.55 Å². The number of hydrogen-bond donors (Lipinski definition) is 2. The molecule has 3 aromatic rings. The van der Waals surface area contributed by atoms with Crippen LogP contribution >= 0.6 is 15.9 Å². The summed E-state index contributed by atoms with van der Waals surface area (Å²) in [5.74, 6) is 0.189. The van der Waals surface area contributed by atoms with Gasteiger partial charge in [-0.25, -0.2) is 4.39 Å². The first-order chi connectivity index (χ1) is 11.4. The molecule has 0 unspecified atom stereocenters. The van der Waals surface area contributed by atoms with Gasteiger partial charge in [0.15, 0.2) is 0 Å². The Morgan fingerprint density at radius 2 is 1.92 bits per heavy atom. The second-order valence-corrected chi connectivity index (χ2v) is 6.21. The van der Waals surface area contributed by atoms with Crippen LogP contribution in [0, 0.1) is 16.6 Å². The summed E-state index contributed by atoms with van der Waals surface area (Å²) in [6.45, 7) is 1.57. The van der Waals surface area contributed by atoms with Crippen LogP contribution in [0.25, 0.3) is 10.9 Å². The molecule has 2 N–H and O–H groups in total. The molecule has 2 aromatic carbocycles. The fraction of sp³-hybridized carbons (Fsp3) is 0.118. The Kier molecular flexibility index (Phi) is 4.19. The van der Waals surface area contributed by atoms with Crippen molar-refractivity contribution >= 4 is 44.2 Å². The van der Waals surface area contributed by atoms with Gasteiger partial charge < -0.3 is 4.90 Å². The van der Waals surface area contributed by atoms with Crippen LogP contribution in [0.2, 0.25) is 0 Å². The number of para-hydroxylation sites is 1. The van der Waals surface area contributed by atoms with E-state index in [4.69, 9.17) is 10.8 Å². The van der Waals surface area contributed by atoms with E-state index < -0.39 is 5.82 Å². The van der Waals surface area contributed by atoms with E-state index in [0.717, 1.165) is 5.69 Å². The number of anilines is 2. The second-order valence-electron chi connectivity index (χ2n) is 5.36. The van der Waals surface area contributed by atoms with E-state index in [0.29, 0.717) is 16.7 Å². The first kappa shape index (κ1) is 16.3. The van der Waals surface area contributed by atoms with Gasteiger partial charge in [-0.2, -0.15) is 4.98 Å². The summed E-state index contributed by atoms with van der Waals surface area (Å²) in [7, 11) is 1.82. The zero-order valence-corrected chi connectivity index (χ0v) is 14.7. The van der Waals surface area contributed by atoms with Crippen LogP contribution in [0.5, 0.6) is 0 Å². The molecule has 0 saturated carbocycles. The maximum absolute atomic E-state index is 14.1. The smallest absolute Gasteiger partial charge is 0.230 e. The van der Waals surface area contributed by atoms with Gasteiger partial charge in [-0.3, -0.25) is 15.4 Å². The minimum absolute atomic E-state index is 0.0775. The summed E-state index contributed by atoms with van der Waals surface area (Å²) < 4.78 is 15.8. The van der Waals surface area contributed by atoms with E-state index in [1.807, 2.05) is 37.4 Å². The zero-order valence-electron chi connectivity index (χ0n) is 13.1. The van der Waals surface area contributed by atoms with Crippen molar-refractivity contribution in [3.63, 3.8) is 0 Å². The molecule has 122 valence electrons. The molecular formula is C17H15BrFN5. The van der Waals surface area contributed by atoms with Crippen molar-refractivity contribution in [2.75, 3.05) is 11.9 Å². The largest absolute Gasteiger partial charge is 0.329 e. The molecule has 0 amide bonds. The first-order valence-electron chi connectivity index (χ1n) is 7.21. The van der Waals surface area contributed by atoms with Crippen LogP contribution in [-0.2, 0) is 0 Å². The molecule has 1 heterocycles. The van der Waals surface area contributed by atoms with Gasteiger partial charge in [0.25, 0.3) is 0 Å². The Balaban J connectivity index is 2.37. The van der Waals surface area contributed by atoms with Gasteiger partial charge >= 0.3 is 0 Å². The Morgan fingerprint density at radius 3 is 2.54 bits per heavy atom. The zero-order chi connectivity index (χ0) is 17.4. The summed E-state index contributed by atoms with van der Waals surface area (Å²) in [4.78, 5) is 6.11. The lowest BCUT2D eigenvalue weighted by Gasteiger charge is -2.22. The minimum Gasteiger partial charge on any atom is -0.329 e. The van der Waals surface area contributed by atoms with Crippen LogP contribution in [-0.4, -0.2) is 22.4 Å². The van der Waals surface area contributed by atoms with Crippen LogP contribution in [0.4, 0.5) is 15.9 Å². The number of nitrogens with zero attached hydrogens (tertiary/aromatic N) is 3. The van der Waals surface area contributed by atoms with Crippen molar-refractivity contribution in [3.8, 4) is 0 Å². The van der Waals surface area contributed by atoms with E-state index in [1.54, 1.807) is 17.9 Å². The lowest BCUT2D eigenvalue weighted by Crippen LogP contribution is -2.30. The number of nitrogens with one attached hydrogen (secondary N) is 2. The van der Waals surface area contributed by atoms with Gasteiger partial charge in [0.1, 0.15) is 17.5 Å². The monoisotopic (exact) mass is 387 g/mol. The number of aromatic nitrogens is 2. The number of halogens is 2. The van der Waals surface area contributed by atoms with Crippen molar-refractivity contribution in [2.24, 2.45) is 0 Å². The molecule has 0 bridgehead atoms. The van der Waals surface area contributed by atoms with Crippen LogP contribution in [0.1, 0.15) is 6.92 Å². The maximum atomic E-state index is 14.1. The van der Waals surface area contributed by atoms with Crippen molar-refractivity contribution < 1.29 is 4.39 Å². The highest BCUT2D eigenvalue weighted by Gasteiger charge is 2.16. The average Bonchev–Trinajstić information content (AvgIpc) is 2.55. The molecule has 5 nitrogen and oxygen atoms in total. The molecular weight excluding hydrogens is 373 g/mol. The molecule has 0 aliphatic rings. The van der Waals surface area contributed by atoms with Crippen LogP contribution in [0.3, 0.4) is 0 Å². The summed E-state index contributed by atoms with van der Waals surface area (Å²) in [5, 5.41) is 16.6. The molecule has 1 aromatic heterocycles. The van der Waals surface area contributed by atoms with Gasteiger partial charge in [0.05, 0.1) is 9.99 Å². The van der Waals surface area contributed by atoms with E-state index in [2.05, 4.69) is 20.9 Å². The molecule has 0 atom stereocenters. The SMILES string of the molecule is CC(=N)n1c(=N)nc(N(C)c2ccccc2)c2cc(F)c(Br)cc21. The Labute approximate surface area is 146 Å². The molecule has 0 saturated heterocycles. The summed E-state index contributed by atoms with van der Waals surface area (Å²) in [5.41, 5.74) is 1.35. The fourth-order valence-electron chi connectivity index (χ4n) is 2.59. The van der Waals surface area contributed by atoms with Gasteiger partial charge in [-0.15, -0.1) is 0 Å². The summed E-state index contributed by atoms with van der Waals surface area (Å²) in [6, 6.07) is 12.5. The third-order valence-corrected chi connectivity index (χ3v) is 4.35. The number of benzene rings is 2. The molecule has 0 aliphatic carbocycles. The molecule has 24 heavy (non-hydrogen) atoms. The van der Waals surface area contributed by atoms with Crippen molar-refractivity contribution in [3.05, 3.63) is 58.4 Å². The fourth-order valence-corrected chi connectivity index (χ4v) is 2.93. The Bertz CT molecular complexity index is 997. The summed E-state index contributed by atoms with van der Waals surface area (Å²) >= 11 is 3.18. The summed E-state index contributed by atoms with van der Waals surface area (Å²) in [6.07, 6.45) is 0. The van der Waals surface area contributed by atoms with E-state index in [1.165, 1.54) is 10.6 Å². The second kappa shape index (κ2) is 6.16. The van der Waals surface area contributed by atoms with Crippen molar-refractivity contribution in [1.29, 1.82) is 10.8 Å². The lowest BCUT2D eigenvalue weighted by atomic mass is 10.2. The first-order valence-corrected chi connectivity index (χ1v) is 8.00. The van der Waals surface area contributed by atoms with E-state index >= 15 is 0 Å². The Morgan fingerprint density at radius 1 is 1.25 bits per heavy atom. The minimum atomic E-state index is -0.418. The highest BCUT2D eigenvalue weighted by atomic mass is 79.9. The van der Waals surface area contributed by atoms with Gasteiger partial charge in [0.2, 0.25) is 5.62 Å². The third-order valence-electron chi connectivity index (χ3n) is 3.74. The highest BCUT2D eigenvalue weighted by molar-refractivity contribution is 9.10. The third kappa shape index (κ3) is 2.71. The Hall–Kier alpha value is -2.54. The molecule has 7 heteroatoms. The standard InChI is InChI=1S/C17H15BrFN5/c1-10(20)24-15-9-13(18)14(19)8-12(15)16(22-17(24)21)23(2)11-6-4-3-5-7-11/h3-9,20-21H,1-2H3. The van der Waals surface area contributed by atoms with Crippen molar-refractivity contribution in [2.45, 2.75) is 6.92 Å². The van der Waals surface area contributed by atoms with Crippen LogP contribution in [0.15, 0.2) is 46.9 Å². The quantitative estimate of drug-likeness (QED) is 0.514. The van der Waals surface area contributed by atoms with E-state index in [9.17, 15) is 4.39 Å². The average molecular weight is 388 g/mol. The predicted octanol–water partition coefficient (Wildman–Crippen LogP) is 4.03. The molecule has 0 radical (unpaired) electrons. The molecule has 3 rings (SSSR count). The number of rotatable bonds is 2.